The Hall–Kier alpha value is -1.96. The second-order valence-electron chi connectivity index (χ2n) is 7.45. The van der Waals surface area contributed by atoms with Gasteiger partial charge >= 0.3 is 65.1 Å². The maximum Gasteiger partial charge on any atom is 1.00 e. The molecule has 0 unspecified atom stereocenters. The van der Waals surface area contributed by atoms with Crippen molar-refractivity contribution >= 4 is 59.7 Å². The molecule has 0 bridgehead atoms. The van der Waals surface area contributed by atoms with Crippen molar-refractivity contribution in [2.75, 3.05) is 12.4 Å². The second kappa shape index (κ2) is 13.8. The summed E-state index contributed by atoms with van der Waals surface area (Å²) in [7, 11) is -8.56. The van der Waals surface area contributed by atoms with Crippen LogP contribution in [-0.2, 0) is 26.8 Å². The van der Waals surface area contributed by atoms with E-state index in [1.807, 2.05) is 0 Å². The van der Waals surface area contributed by atoms with Gasteiger partial charge in [-0.3, -0.25) is 4.55 Å². The van der Waals surface area contributed by atoms with Gasteiger partial charge in [0.1, 0.15) is 20.7 Å². The van der Waals surface area contributed by atoms with Crippen LogP contribution in [0.5, 0.6) is 11.8 Å². The normalized spacial score (nSPS) is 11.6. The summed E-state index contributed by atoms with van der Waals surface area (Å²) in [6.45, 7) is 0.0633. The fourth-order valence-corrected chi connectivity index (χ4v) is 4.75. The van der Waals surface area contributed by atoms with Crippen LogP contribution in [0.4, 0.5) is 17.1 Å². The zero-order valence-corrected chi connectivity index (χ0v) is 27.5. The van der Waals surface area contributed by atoms with Gasteiger partial charge in [-0.25, -0.2) is 13.4 Å². The van der Waals surface area contributed by atoms with Crippen LogP contribution in [0.15, 0.2) is 68.6 Å². The predicted molar refractivity (Wildman–Crippen MR) is 131 cm³/mol. The number of halogens is 1. The Kier molecular flexibility index (Phi) is 11.8. The van der Waals surface area contributed by atoms with E-state index in [0.717, 1.165) is 18.2 Å². The fraction of sp³-hybridized carbons (Fsp3) is 0.0952. The third-order valence-electron chi connectivity index (χ3n) is 4.97. The van der Waals surface area contributed by atoms with Gasteiger partial charge in [-0.1, -0.05) is 23.9 Å². The third-order valence-corrected chi connectivity index (χ3v) is 6.89. The van der Waals surface area contributed by atoms with E-state index in [9.17, 15) is 31.0 Å². The molecule has 14 nitrogen and oxygen atoms in total. The molecule has 0 atom stereocenters. The summed E-state index contributed by atoms with van der Waals surface area (Å²) < 4.78 is 73.3. The molecule has 198 valence electrons. The first-order valence-electron chi connectivity index (χ1n) is 10.3. The minimum atomic E-state index is -4.98. The molecule has 0 fully saturated rings. The van der Waals surface area contributed by atoms with Crippen molar-refractivity contribution in [1.29, 1.82) is 0 Å². The monoisotopic (exact) mass is 624 g/mol. The average Bonchev–Trinajstić information content (AvgIpc) is 2.85. The van der Waals surface area contributed by atoms with Gasteiger partial charge in [0.2, 0.25) is 5.28 Å². The number of rotatable bonds is 8. The predicted octanol–water partition coefficient (Wildman–Crippen LogP) is -3.05. The van der Waals surface area contributed by atoms with Crippen LogP contribution in [0.2, 0.25) is 5.28 Å². The number of ether oxygens (including phenoxy) is 1. The molecule has 0 aliphatic heterocycles. The first-order chi connectivity index (χ1) is 17.9. The van der Waals surface area contributed by atoms with E-state index in [1.165, 1.54) is 37.4 Å². The first-order valence-corrected chi connectivity index (χ1v) is 13.5. The van der Waals surface area contributed by atoms with E-state index in [2.05, 4.69) is 30.5 Å². The zero-order valence-electron chi connectivity index (χ0n) is 21.1. The van der Waals surface area contributed by atoms with Gasteiger partial charge in [-0.15, -0.1) is 10.2 Å². The molecular weight excluding hydrogens is 610 g/mol. The standard InChI is InChI=1S/C21H17ClN6O8S2.2Na/c1-36-21-25-17(24-20(22)26-21)10-23-12-6-7-13-11(8-12)9-16(38(33,34)35)18(19(13)29)28-27-14-4-2-3-5-15(14)37(30,31)32;;/h2-9,23,29H,10H2,1H3,(H,30,31,32)(H,33,34,35);;/q;2*+1/p-2. The number of benzene rings is 3. The molecule has 19 heteroatoms. The summed E-state index contributed by atoms with van der Waals surface area (Å²) in [4.78, 5) is 10.2. The van der Waals surface area contributed by atoms with Crippen LogP contribution in [0.3, 0.4) is 0 Å². The number of nitrogens with zero attached hydrogens (tertiary/aromatic N) is 5. The smallest absolute Gasteiger partial charge is 0.871 e. The number of methoxy groups -OCH3 is 1. The number of aromatic nitrogens is 3. The van der Waals surface area contributed by atoms with Crippen molar-refractivity contribution < 1.29 is 94.9 Å². The molecule has 0 radical (unpaired) electrons. The van der Waals surface area contributed by atoms with E-state index in [0.29, 0.717) is 5.69 Å². The van der Waals surface area contributed by atoms with Crippen molar-refractivity contribution in [2.24, 2.45) is 10.2 Å². The Labute approximate surface area is 277 Å². The molecular formula is C21H15ClN6Na2O8S2. The van der Waals surface area contributed by atoms with E-state index in [1.54, 1.807) is 0 Å². The molecule has 1 aromatic heterocycles. The van der Waals surface area contributed by atoms with Gasteiger partial charge in [-0.05, 0) is 52.7 Å². The zero-order chi connectivity index (χ0) is 27.7. The number of nitrogens with one attached hydrogen (secondary N) is 1. The number of fused-ring (bicyclic) bond motifs is 1. The van der Waals surface area contributed by atoms with E-state index < -0.39 is 47.2 Å². The maximum atomic E-state index is 13.1. The van der Waals surface area contributed by atoms with Crippen LogP contribution < -0.4 is 74.3 Å². The third kappa shape index (κ3) is 8.07. The van der Waals surface area contributed by atoms with Gasteiger partial charge in [0.05, 0.1) is 24.2 Å². The molecule has 0 aliphatic rings. The molecule has 0 aliphatic carbocycles. The van der Waals surface area contributed by atoms with Gasteiger partial charge in [0.25, 0.3) is 10.1 Å². The minimum Gasteiger partial charge on any atom is -0.871 e. The molecule has 2 N–H and O–H groups in total. The van der Waals surface area contributed by atoms with Gasteiger partial charge < -0.3 is 19.7 Å². The van der Waals surface area contributed by atoms with Gasteiger partial charge in [0.15, 0.2) is 5.82 Å². The Morgan fingerprint density at radius 3 is 2.35 bits per heavy atom. The molecule has 3 aromatic carbocycles. The summed E-state index contributed by atoms with van der Waals surface area (Å²) in [6, 6.07) is 10.1. The molecule has 0 saturated carbocycles. The Morgan fingerprint density at radius 2 is 1.70 bits per heavy atom. The number of azo groups is 1. The summed E-state index contributed by atoms with van der Waals surface area (Å²) in [5.41, 5.74) is -0.763. The summed E-state index contributed by atoms with van der Waals surface area (Å²) >= 11 is 5.83. The molecule has 0 spiro atoms. The second-order valence-corrected chi connectivity index (χ2v) is 10.5. The Morgan fingerprint density at radius 1 is 1.00 bits per heavy atom. The number of hydrogen-bond acceptors (Lipinski definition) is 13. The van der Waals surface area contributed by atoms with Crippen LogP contribution in [-0.4, -0.2) is 48.0 Å². The molecule has 4 rings (SSSR count). The quantitative estimate of drug-likeness (QED) is 0.113. The van der Waals surface area contributed by atoms with Crippen molar-refractivity contribution in [1.82, 2.24) is 15.0 Å². The number of hydrogen-bond donors (Lipinski definition) is 2. The molecule has 0 amide bonds. The Balaban J connectivity index is 0.00000280. The number of anilines is 1. The van der Waals surface area contributed by atoms with E-state index in [-0.39, 0.29) is 93.6 Å². The first kappa shape index (κ1) is 34.2. The van der Waals surface area contributed by atoms with Crippen molar-refractivity contribution in [3.63, 3.8) is 0 Å². The van der Waals surface area contributed by atoms with Crippen LogP contribution in [0.1, 0.15) is 5.82 Å². The summed E-state index contributed by atoms with van der Waals surface area (Å²) in [5.74, 6) is -0.678. The van der Waals surface area contributed by atoms with Crippen molar-refractivity contribution in [3.8, 4) is 11.8 Å². The molecule has 0 saturated heterocycles. The summed E-state index contributed by atoms with van der Waals surface area (Å²) in [5, 5.41) is 23.4. The van der Waals surface area contributed by atoms with E-state index >= 15 is 0 Å². The van der Waals surface area contributed by atoms with Gasteiger partial charge in [-0.2, -0.15) is 18.4 Å². The van der Waals surface area contributed by atoms with E-state index in [4.69, 9.17) is 16.3 Å². The Bertz CT molecular complexity index is 1810. The maximum absolute atomic E-state index is 13.1. The van der Waals surface area contributed by atoms with Crippen LogP contribution >= 0.6 is 11.6 Å². The molecule has 4 aromatic rings. The minimum absolute atomic E-state index is 0. The fourth-order valence-electron chi connectivity index (χ4n) is 3.32. The summed E-state index contributed by atoms with van der Waals surface area (Å²) in [6.07, 6.45) is 0. The average molecular weight is 625 g/mol. The SMILES string of the molecule is COc1nc(Cl)nc(CNc2ccc3c([O-])c(N=Nc4ccccc4S(=O)(=O)[O-])c(S(=O)(=O)O)cc3c2)n1.[Na+].[Na+]. The topological polar surface area (TPSA) is 219 Å². The van der Waals surface area contributed by atoms with Crippen LogP contribution in [0.25, 0.3) is 10.8 Å². The van der Waals surface area contributed by atoms with Gasteiger partial charge in [0, 0.05) is 5.69 Å². The largest absolute Gasteiger partial charge is 1.00 e. The van der Waals surface area contributed by atoms with Crippen LogP contribution in [0, 0.1) is 0 Å². The van der Waals surface area contributed by atoms with Crippen molar-refractivity contribution in [2.45, 2.75) is 16.3 Å². The van der Waals surface area contributed by atoms with Crippen molar-refractivity contribution in [3.05, 3.63) is 59.6 Å². The molecule has 1 heterocycles. The molecule has 40 heavy (non-hydrogen) atoms.